The maximum Gasteiger partial charge on any atom is 0.334 e. The minimum atomic E-state index is -1.15. The number of hydrogen-bond acceptors (Lipinski definition) is 16. The van der Waals surface area contributed by atoms with Gasteiger partial charge in [0.15, 0.2) is 23.8 Å². The van der Waals surface area contributed by atoms with Crippen LogP contribution in [0.25, 0.3) is 52.8 Å². The molecule has 19 nitrogen and oxygen atoms in total. The Morgan fingerprint density at radius 1 is 0.632 bits per heavy atom. The molecule has 0 aliphatic carbocycles. The summed E-state index contributed by atoms with van der Waals surface area (Å²) in [7, 11) is 0. The van der Waals surface area contributed by atoms with Gasteiger partial charge < -0.3 is 33.9 Å². The molecular formula is C46H48Cl3N9O10. The van der Waals surface area contributed by atoms with E-state index in [1.807, 2.05) is 30.3 Å². The van der Waals surface area contributed by atoms with Gasteiger partial charge in [0.2, 0.25) is 0 Å². The summed E-state index contributed by atoms with van der Waals surface area (Å²) in [6.07, 6.45) is 12.5. The normalized spacial score (nSPS) is 15.8. The van der Waals surface area contributed by atoms with Crippen LogP contribution in [0.2, 0.25) is 15.1 Å². The fourth-order valence-corrected chi connectivity index (χ4v) is 6.11. The summed E-state index contributed by atoms with van der Waals surface area (Å²) in [6, 6.07) is 21.6. The molecule has 2 N–H and O–H groups in total. The van der Waals surface area contributed by atoms with Gasteiger partial charge in [-0.2, -0.15) is 0 Å². The maximum atomic E-state index is 11.7. The van der Waals surface area contributed by atoms with Crippen molar-refractivity contribution in [2.24, 2.45) is 0 Å². The quantitative estimate of drug-likeness (QED) is 0.0537. The van der Waals surface area contributed by atoms with Gasteiger partial charge in [0.25, 0.3) is 0 Å². The highest BCUT2D eigenvalue weighted by Gasteiger charge is 2.19. The molecule has 2 saturated heterocycles. The summed E-state index contributed by atoms with van der Waals surface area (Å²) in [5.74, 6) is 0.0510. The SMILES string of the molecule is CC(C)OC(=O)/C=C\n1cnc(-c2cccc(Cl)c2)n1.CC(O)OC(=O)/C=C\n1cnc(-c2cccc(Cl)c2)n1.O=C(/C=C\n1cnc(-c2cccc(Cl)c2)n1)OC1CCOC1.OC1CCOC1. The van der Waals surface area contributed by atoms with Crippen LogP contribution in [0.5, 0.6) is 0 Å². The first-order valence-electron chi connectivity index (χ1n) is 20.9. The minimum absolute atomic E-state index is 0.148. The third kappa shape index (κ3) is 19.0. The van der Waals surface area contributed by atoms with Crippen molar-refractivity contribution >= 4 is 71.3 Å². The number of benzene rings is 3. The van der Waals surface area contributed by atoms with Crippen LogP contribution < -0.4 is 0 Å². The Morgan fingerprint density at radius 3 is 1.38 bits per heavy atom. The molecule has 2 aliphatic rings. The molecule has 3 atom stereocenters. The number of carbonyl (C=O) groups excluding carboxylic acids is 3. The van der Waals surface area contributed by atoms with Crippen LogP contribution in [0.1, 0.15) is 33.6 Å². The molecule has 6 aromatic rings. The first-order chi connectivity index (χ1) is 32.7. The Hall–Kier alpha value is -6.58. The van der Waals surface area contributed by atoms with Gasteiger partial charge >= 0.3 is 17.9 Å². The number of carbonyl (C=O) groups is 3. The molecule has 0 bridgehead atoms. The highest BCUT2D eigenvalue weighted by Crippen LogP contribution is 2.21. The zero-order valence-corrected chi connectivity index (χ0v) is 39.3. The number of esters is 3. The fraction of sp³-hybridized carbons (Fsp3) is 0.283. The Labute approximate surface area is 406 Å². The van der Waals surface area contributed by atoms with Gasteiger partial charge in [-0.3, -0.25) is 0 Å². The van der Waals surface area contributed by atoms with Crippen LogP contribution in [-0.2, 0) is 38.1 Å². The zero-order valence-electron chi connectivity index (χ0n) is 37.0. The monoisotopic (exact) mass is 991 g/mol. The van der Waals surface area contributed by atoms with Crippen molar-refractivity contribution < 1.29 is 48.3 Å². The molecule has 2 fully saturated rings. The Balaban J connectivity index is 0.000000179. The van der Waals surface area contributed by atoms with Crippen LogP contribution in [0, 0.1) is 0 Å². The van der Waals surface area contributed by atoms with Gasteiger partial charge in [-0.05, 0) is 63.6 Å². The molecule has 0 radical (unpaired) electrons. The van der Waals surface area contributed by atoms with Crippen LogP contribution in [-0.4, -0.2) is 123 Å². The molecule has 0 spiro atoms. The Bertz CT molecular complexity index is 2520. The zero-order chi connectivity index (χ0) is 48.8. The van der Waals surface area contributed by atoms with Gasteiger partial charge in [0, 0.05) is 81.6 Å². The summed E-state index contributed by atoms with van der Waals surface area (Å²) in [5.41, 5.74) is 2.40. The van der Waals surface area contributed by atoms with Crippen molar-refractivity contribution in [2.45, 2.75) is 58.2 Å². The second-order valence-electron chi connectivity index (χ2n) is 14.6. The number of aromatic nitrogens is 9. The third-order valence-electron chi connectivity index (χ3n) is 8.58. The van der Waals surface area contributed by atoms with E-state index in [-0.39, 0.29) is 18.3 Å². The van der Waals surface area contributed by atoms with Gasteiger partial charge in [-0.15, -0.1) is 15.3 Å². The lowest BCUT2D eigenvalue weighted by Gasteiger charge is -2.06. The smallest absolute Gasteiger partial charge is 0.334 e. The molecule has 358 valence electrons. The number of nitrogens with zero attached hydrogens (tertiary/aromatic N) is 9. The number of halogens is 3. The second-order valence-corrected chi connectivity index (χ2v) is 15.9. The van der Waals surface area contributed by atoms with Gasteiger partial charge in [0.1, 0.15) is 25.1 Å². The standard InChI is InChI=1S/C15H14ClN3O3.C14H14ClN3O2.C13H12ClN3O3.C4H8O2/c16-12-3-1-2-11(8-12)15-17-10-19(18-15)6-4-14(20)22-13-5-7-21-9-13;1-10(2)20-13(19)6-7-18-9-16-14(17-18)11-4-3-5-12(15)8-11;1-9(18)20-12(19)5-6-17-8-15-13(16-17)10-3-2-4-11(14)7-10;5-4-1-2-6-3-4/h1-4,6,8,10,13H,5,7,9H2;3-10H,1-2H3;2-9,18H,1H3;4-5H,1-3H2/b6-4-;7-6-;6-5-;. The molecule has 3 aromatic carbocycles. The Morgan fingerprint density at radius 2 is 1.04 bits per heavy atom. The van der Waals surface area contributed by atoms with Crippen LogP contribution in [0.3, 0.4) is 0 Å². The summed E-state index contributed by atoms with van der Waals surface area (Å²) >= 11 is 17.7. The lowest BCUT2D eigenvalue weighted by molar-refractivity contribution is -0.158. The molecule has 68 heavy (non-hydrogen) atoms. The fourth-order valence-electron chi connectivity index (χ4n) is 5.54. The average molecular weight is 993 g/mol. The Kier molecular flexibility index (Phi) is 21.0. The first-order valence-corrected chi connectivity index (χ1v) is 22.0. The van der Waals surface area contributed by atoms with Crippen molar-refractivity contribution in [1.82, 2.24) is 44.3 Å². The molecule has 0 saturated carbocycles. The average Bonchev–Trinajstić information content (AvgIpc) is 4.17. The van der Waals surface area contributed by atoms with Crippen LogP contribution in [0.4, 0.5) is 0 Å². The molecule has 2 aliphatic heterocycles. The predicted molar refractivity (Wildman–Crippen MR) is 253 cm³/mol. The van der Waals surface area contributed by atoms with Crippen LogP contribution in [0.15, 0.2) is 110 Å². The highest BCUT2D eigenvalue weighted by atomic mass is 35.5. The molecule has 8 rings (SSSR count). The number of rotatable bonds is 12. The minimum Gasteiger partial charge on any atom is -0.460 e. The van der Waals surface area contributed by atoms with E-state index in [0.717, 1.165) is 42.2 Å². The van der Waals surface area contributed by atoms with Crippen LogP contribution >= 0.6 is 34.8 Å². The summed E-state index contributed by atoms with van der Waals surface area (Å²) in [6.45, 7) is 7.30. The first kappa shape index (κ1) is 52.4. The van der Waals surface area contributed by atoms with E-state index in [0.29, 0.717) is 52.4 Å². The molecule has 3 aromatic heterocycles. The summed E-state index contributed by atoms with van der Waals surface area (Å²) in [4.78, 5) is 46.7. The molecule has 22 heteroatoms. The number of ether oxygens (including phenoxy) is 5. The van der Waals surface area contributed by atoms with Crippen molar-refractivity contribution in [1.29, 1.82) is 0 Å². The lowest BCUT2D eigenvalue weighted by atomic mass is 10.2. The van der Waals surface area contributed by atoms with Crippen molar-refractivity contribution in [3.63, 3.8) is 0 Å². The largest absolute Gasteiger partial charge is 0.460 e. The van der Waals surface area contributed by atoms with E-state index in [4.69, 9.17) is 64.0 Å². The number of hydrogen-bond donors (Lipinski definition) is 2. The second kappa shape index (κ2) is 27.3. The van der Waals surface area contributed by atoms with E-state index >= 15 is 0 Å². The van der Waals surface area contributed by atoms with Crippen molar-refractivity contribution in [2.75, 3.05) is 26.4 Å². The maximum absolute atomic E-state index is 11.7. The molecular weight excluding hydrogens is 945 g/mol. The van der Waals surface area contributed by atoms with E-state index in [1.54, 1.807) is 56.3 Å². The summed E-state index contributed by atoms with van der Waals surface area (Å²) < 4.78 is 28.9. The van der Waals surface area contributed by atoms with E-state index in [1.165, 1.54) is 70.7 Å². The topological polar surface area (TPSA) is 230 Å². The number of aliphatic hydroxyl groups excluding tert-OH is 2. The van der Waals surface area contributed by atoms with E-state index < -0.39 is 24.2 Å². The van der Waals surface area contributed by atoms with E-state index in [2.05, 4.69) is 35.0 Å². The molecule has 5 heterocycles. The van der Waals surface area contributed by atoms with Crippen molar-refractivity contribution in [3.8, 4) is 34.2 Å². The number of aliphatic hydroxyl groups is 2. The third-order valence-corrected chi connectivity index (χ3v) is 9.28. The van der Waals surface area contributed by atoms with Gasteiger partial charge in [-0.1, -0.05) is 71.2 Å². The van der Waals surface area contributed by atoms with Gasteiger partial charge in [-0.25, -0.2) is 43.4 Å². The lowest BCUT2D eigenvalue weighted by Crippen LogP contribution is -2.16. The highest BCUT2D eigenvalue weighted by molar-refractivity contribution is 6.31. The summed E-state index contributed by atoms with van der Waals surface area (Å²) in [5, 5.41) is 31.9. The van der Waals surface area contributed by atoms with Crippen molar-refractivity contribution in [3.05, 3.63) is 125 Å². The molecule has 3 unspecified atom stereocenters. The van der Waals surface area contributed by atoms with E-state index in [9.17, 15) is 14.4 Å². The predicted octanol–water partition coefficient (Wildman–Crippen LogP) is 7.14. The van der Waals surface area contributed by atoms with Gasteiger partial charge in [0.05, 0.1) is 32.0 Å². The molecule has 0 amide bonds.